The van der Waals surface area contributed by atoms with E-state index in [0.29, 0.717) is 6.04 Å². The molecular formula is C16H23N3. The van der Waals surface area contributed by atoms with Gasteiger partial charge in [0, 0.05) is 31.4 Å². The predicted octanol–water partition coefficient (Wildman–Crippen LogP) is 3.30. The van der Waals surface area contributed by atoms with Crippen molar-refractivity contribution in [3.05, 3.63) is 53.9 Å². The molecule has 2 aromatic rings. The summed E-state index contributed by atoms with van der Waals surface area (Å²) in [6.45, 7) is 7.63. The summed E-state index contributed by atoms with van der Waals surface area (Å²) in [4.78, 5) is 0. The SMILES string of the molecule is Cn1cc(CNC(c2ccccc2)C(C)(C)C)cn1. The lowest BCUT2D eigenvalue weighted by atomic mass is 9.82. The first-order valence-corrected chi connectivity index (χ1v) is 6.72. The van der Waals surface area contributed by atoms with Crippen LogP contribution in [0.1, 0.15) is 37.9 Å². The van der Waals surface area contributed by atoms with Gasteiger partial charge in [-0.25, -0.2) is 0 Å². The summed E-state index contributed by atoms with van der Waals surface area (Å²) in [5.74, 6) is 0. The van der Waals surface area contributed by atoms with Crippen LogP contribution in [0.25, 0.3) is 0 Å². The molecule has 0 bridgehead atoms. The zero-order chi connectivity index (χ0) is 13.9. The van der Waals surface area contributed by atoms with Gasteiger partial charge in [-0.1, -0.05) is 51.1 Å². The maximum atomic E-state index is 4.21. The third-order valence-corrected chi connectivity index (χ3v) is 3.27. The molecule has 1 aromatic carbocycles. The molecular weight excluding hydrogens is 234 g/mol. The Morgan fingerprint density at radius 2 is 1.89 bits per heavy atom. The minimum atomic E-state index is 0.170. The molecule has 2 rings (SSSR count). The van der Waals surface area contributed by atoms with Gasteiger partial charge in [0.1, 0.15) is 0 Å². The molecule has 0 aliphatic heterocycles. The van der Waals surface area contributed by atoms with E-state index in [1.807, 2.05) is 17.9 Å². The second-order valence-corrected chi connectivity index (χ2v) is 6.11. The van der Waals surface area contributed by atoms with E-state index < -0.39 is 0 Å². The zero-order valence-corrected chi connectivity index (χ0v) is 12.2. The van der Waals surface area contributed by atoms with Gasteiger partial charge in [-0.3, -0.25) is 4.68 Å². The highest BCUT2D eigenvalue weighted by Gasteiger charge is 2.25. The topological polar surface area (TPSA) is 29.9 Å². The van der Waals surface area contributed by atoms with Crippen LogP contribution in [0.3, 0.4) is 0 Å². The van der Waals surface area contributed by atoms with E-state index in [0.717, 1.165) is 6.54 Å². The molecule has 0 aliphatic carbocycles. The summed E-state index contributed by atoms with van der Waals surface area (Å²) >= 11 is 0. The van der Waals surface area contributed by atoms with Crippen LogP contribution >= 0.6 is 0 Å². The quantitative estimate of drug-likeness (QED) is 0.910. The Hall–Kier alpha value is -1.61. The van der Waals surface area contributed by atoms with Crippen LogP contribution < -0.4 is 5.32 Å². The molecule has 102 valence electrons. The van der Waals surface area contributed by atoms with Crippen molar-refractivity contribution in [1.29, 1.82) is 0 Å². The predicted molar refractivity (Wildman–Crippen MR) is 78.7 cm³/mol. The number of rotatable bonds is 4. The first-order valence-electron chi connectivity index (χ1n) is 6.72. The molecule has 0 saturated carbocycles. The van der Waals surface area contributed by atoms with Gasteiger partial charge in [-0.2, -0.15) is 5.10 Å². The number of hydrogen-bond acceptors (Lipinski definition) is 2. The lowest BCUT2D eigenvalue weighted by molar-refractivity contribution is 0.271. The molecule has 0 saturated heterocycles. The van der Waals surface area contributed by atoms with Crippen molar-refractivity contribution in [2.24, 2.45) is 12.5 Å². The van der Waals surface area contributed by atoms with Crippen LogP contribution in [-0.4, -0.2) is 9.78 Å². The third kappa shape index (κ3) is 3.67. The number of benzene rings is 1. The summed E-state index contributed by atoms with van der Waals surface area (Å²) in [5.41, 5.74) is 2.72. The molecule has 1 unspecified atom stereocenters. The van der Waals surface area contributed by atoms with Gasteiger partial charge in [0.05, 0.1) is 6.20 Å². The van der Waals surface area contributed by atoms with Crippen molar-refractivity contribution >= 4 is 0 Å². The number of aryl methyl sites for hydroxylation is 1. The van der Waals surface area contributed by atoms with Gasteiger partial charge in [-0.05, 0) is 11.0 Å². The van der Waals surface area contributed by atoms with Crippen LogP contribution in [-0.2, 0) is 13.6 Å². The minimum absolute atomic E-state index is 0.170. The first-order chi connectivity index (χ1) is 8.97. The third-order valence-electron chi connectivity index (χ3n) is 3.27. The van der Waals surface area contributed by atoms with Crippen molar-refractivity contribution in [3.8, 4) is 0 Å². The largest absolute Gasteiger partial charge is 0.305 e. The van der Waals surface area contributed by atoms with E-state index in [1.165, 1.54) is 11.1 Å². The first kappa shape index (κ1) is 13.8. The Labute approximate surface area is 115 Å². The van der Waals surface area contributed by atoms with E-state index in [-0.39, 0.29) is 5.41 Å². The highest BCUT2D eigenvalue weighted by Crippen LogP contribution is 2.32. The van der Waals surface area contributed by atoms with Crippen molar-refractivity contribution in [3.63, 3.8) is 0 Å². The zero-order valence-electron chi connectivity index (χ0n) is 12.2. The molecule has 19 heavy (non-hydrogen) atoms. The summed E-state index contributed by atoms with van der Waals surface area (Å²) in [6, 6.07) is 11.0. The van der Waals surface area contributed by atoms with Gasteiger partial charge < -0.3 is 5.32 Å². The molecule has 0 radical (unpaired) electrons. The number of hydrogen-bond donors (Lipinski definition) is 1. The second kappa shape index (κ2) is 5.57. The second-order valence-electron chi connectivity index (χ2n) is 6.11. The maximum absolute atomic E-state index is 4.21. The Morgan fingerprint density at radius 1 is 1.21 bits per heavy atom. The molecule has 1 atom stereocenters. The molecule has 0 aliphatic rings. The van der Waals surface area contributed by atoms with Gasteiger partial charge in [0.2, 0.25) is 0 Å². The van der Waals surface area contributed by atoms with Crippen molar-refractivity contribution in [2.45, 2.75) is 33.4 Å². The molecule has 1 N–H and O–H groups in total. The van der Waals surface area contributed by atoms with Crippen LogP contribution in [0.2, 0.25) is 0 Å². The standard InChI is InChI=1S/C16H23N3/c1-16(2,3)15(14-8-6-5-7-9-14)17-10-13-11-18-19(4)12-13/h5-9,11-12,15,17H,10H2,1-4H3. The average molecular weight is 257 g/mol. The van der Waals surface area contributed by atoms with Crippen LogP contribution in [0.15, 0.2) is 42.7 Å². The van der Waals surface area contributed by atoms with E-state index in [4.69, 9.17) is 0 Å². The van der Waals surface area contributed by atoms with E-state index in [1.54, 1.807) is 0 Å². The summed E-state index contributed by atoms with van der Waals surface area (Å²) < 4.78 is 1.84. The van der Waals surface area contributed by atoms with Crippen molar-refractivity contribution in [2.75, 3.05) is 0 Å². The van der Waals surface area contributed by atoms with Gasteiger partial charge in [0.25, 0.3) is 0 Å². The van der Waals surface area contributed by atoms with Gasteiger partial charge >= 0.3 is 0 Å². The smallest absolute Gasteiger partial charge is 0.0534 e. The number of nitrogens with one attached hydrogen (secondary N) is 1. The molecule has 1 aromatic heterocycles. The minimum Gasteiger partial charge on any atom is -0.305 e. The summed E-state index contributed by atoms with van der Waals surface area (Å²) in [5, 5.41) is 7.86. The average Bonchev–Trinajstić information content (AvgIpc) is 2.75. The van der Waals surface area contributed by atoms with E-state index in [9.17, 15) is 0 Å². The Morgan fingerprint density at radius 3 is 2.42 bits per heavy atom. The van der Waals surface area contributed by atoms with Crippen molar-refractivity contribution in [1.82, 2.24) is 15.1 Å². The van der Waals surface area contributed by atoms with Crippen LogP contribution in [0.4, 0.5) is 0 Å². The van der Waals surface area contributed by atoms with Crippen LogP contribution in [0, 0.1) is 5.41 Å². The molecule has 3 heteroatoms. The highest BCUT2D eigenvalue weighted by atomic mass is 15.2. The number of aromatic nitrogens is 2. The molecule has 3 nitrogen and oxygen atoms in total. The fraction of sp³-hybridized carbons (Fsp3) is 0.438. The van der Waals surface area contributed by atoms with Crippen molar-refractivity contribution < 1.29 is 0 Å². The van der Waals surface area contributed by atoms with Gasteiger partial charge in [-0.15, -0.1) is 0 Å². The molecule has 0 spiro atoms. The molecule has 0 amide bonds. The Balaban J connectivity index is 2.11. The van der Waals surface area contributed by atoms with E-state index >= 15 is 0 Å². The van der Waals surface area contributed by atoms with E-state index in [2.05, 4.69) is 67.7 Å². The highest BCUT2D eigenvalue weighted by molar-refractivity contribution is 5.21. The summed E-state index contributed by atoms with van der Waals surface area (Å²) in [7, 11) is 1.95. The summed E-state index contributed by atoms with van der Waals surface area (Å²) in [6.07, 6.45) is 3.97. The molecule has 1 heterocycles. The van der Waals surface area contributed by atoms with Gasteiger partial charge in [0.15, 0.2) is 0 Å². The lowest BCUT2D eigenvalue weighted by Crippen LogP contribution is -2.31. The van der Waals surface area contributed by atoms with Crippen LogP contribution in [0.5, 0.6) is 0 Å². The fourth-order valence-corrected chi connectivity index (χ4v) is 2.35. The molecule has 0 fully saturated rings. The number of nitrogens with zero attached hydrogens (tertiary/aromatic N) is 2. The fourth-order valence-electron chi connectivity index (χ4n) is 2.35. The lowest BCUT2D eigenvalue weighted by Gasteiger charge is -2.32. The Kier molecular flexibility index (Phi) is 4.05. The Bertz CT molecular complexity index is 508. The maximum Gasteiger partial charge on any atom is 0.0534 e. The monoisotopic (exact) mass is 257 g/mol. The normalized spacial score (nSPS) is 13.5.